The molecule has 0 aromatic heterocycles. The fourth-order valence-corrected chi connectivity index (χ4v) is 2.77. The average Bonchev–Trinajstić information content (AvgIpc) is 2.98. The second kappa shape index (κ2) is 4.45. The Morgan fingerprint density at radius 3 is 2.94 bits per heavy atom. The van der Waals surface area contributed by atoms with Gasteiger partial charge in [0.15, 0.2) is 0 Å². The van der Waals surface area contributed by atoms with Gasteiger partial charge in [0.2, 0.25) is 0 Å². The summed E-state index contributed by atoms with van der Waals surface area (Å²) in [6.45, 7) is 6.39. The first-order valence-corrected chi connectivity index (χ1v) is 6.58. The van der Waals surface area contributed by atoms with Gasteiger partial charge in [-0.1, -0.05) is 54.6 Å². The van der Waals surface area contributed by atoms with Gasteiger partial charge >= 0.3 is 0 Å². The molecule has 0 nitrogen and oxygen atoms in total. The van der Waals surface area contributed by atoms with Crippen molar-refractivity contribution in [3.63, 3.8) is 0 Å². The van der Waals surface area contributed by atoms with E-state index in [1.807, 2.05) is 0 Å². The molecule has 0 atom stereocenters. The molecule has 90 valence electrons. The maximum Gasteiger partial charge on any atom is -0.00228 e. The highest BCUT2D eigenvalue weighted by Crippen LogP contribution is 2.34. The van der Waals surface area contributed by atoms with Crippen LogP contribution in [0.3, 0.4) is 0 Å². The minimum Gasteiger partial charge on any atom is -0.0949 e. The number of aryl methyl sites for hydroxylation is 1. The van der Waals surface area contributed by atoms with Crippen LogP contribution in [0.25, 0.3) is 5.57 Å². The quantitative estimate of drug-likeness (QED) is 0.707. The molecule has 2 aliphatic rings. The van der Waals surface area contributed by atoms with Crippen LogP contribution >= 0.6 is 0 Å². The Kier molecular flexibility index (Phi) is 2.79. The van der Waals surface area contributed by atoms with E-state index in [2.05, 4.69) is 56.0 Å². The summed E-state index contributed by atoms with van der Waals surface area (Å²) >= 11 is 0. The predicted molar refractivity (Wildman–Crippen MR) is 78.5 cm³/mol. The summed E-state index contributed by atoms with van der Waals surface area (Å²) in [6, 6.07) is 6.77. The van der Waals surface area contributed by atoms with Crippen LogP contribution in [-0.4, -0.2) is 0 Å². The molecule has 1 aromatic rings. The van der Waals surface area contributed by atoms with Crippen LogP contribution in [0.15, 0.2) is 60.2 Å². The van der Waals surface area contributed by atoms with Gasteiger partial charge in [-0.25, -0.2) is 0 Å². The van der Waals surface area contributed by atoms with Crippen LogP contribution in [0.5, 0.6) is 0 Å². The van der Waals surface area contributed by atoms with Crippen LogP contribution in [0.1, 0.15) is 29.5 Å². The maximum atomic E-state index is 4.23. The average molecular weight is 234 g/mol. The lowest BCUT2D eigenvalue weighted by molar-refractivity contribution is 1.27. The largest absolute Gasteiger partial charge is 0.0949 e. The van der Waals surface area contributed by atoms with E-state index in [4.69, 9.17) is 0 Å². The lowest BCUT2D eigenvalue weighted by Gasteiger charge is -2.09. The minimum absolute atomic E-state index is 0.978. The summed E-state index contributed by atoms with van der Waals surface area (Å²) in [5.74, 6) is 0. The SMILES string of the molecule is C=C(CC1=CCc2cc(C)ccc21)C1=CCC=C1. The van der Waals surface area contributed by atoms with Gasteiger partial charge in [-0.05, 0) is 54.0 Å². The monoisotopic (exact) mass is 234 g/mol. The molecule has 3 rings (SSSR count). The van der Waals surface area contributed by atoms with Crippen LogP contribution in [0, 0.1) is 6.92 Å². The van der Waals surface area contributed by atoms with Crippen molar-refractivity contribution in [2.75, 3.05) is 0 Å². The molecule has 0 saturated carbocycles. The number of hydrogen-bond acceptors (Lipinski definition) is 0. The summed E-state index contributed by atoms with van der Waals surface area (Å²) in [6.07, 6.45) is 12.1. The molecule has 0 bridgehead atoms. The summed E-state index contributed by atoms with van der Waals surface area (Å²) in [5, 5.41) is 0. The zero-order valence-corrected chi connectivity index (χ0v) is 10.9. The summed E-state index contributed by atoms with van der Waals surface area (Å²) < 4.78 is 0. The standard InChI is InChI=1S/C18H18/c1-13-7-10-18-16(11-13)8-9-17(18)12-14(2)15-5-3-4-6-15/h3,5-7,9-11H,2,4,8,12H2,1H3. The van der Waals surface area contributed by atoms with Crippen molar-refractivity contribution in [1.82, 2.24) is 0 Å². The highest BCUT2D eigenvalue weighted by atomic mass is 14.2. The third kappa shape index (κ3) is 1.99. The van der Waals surface area contributed by atoms with Gasteiger partial charge in [-0.3, -0.25) is 0 Å². The zero-order chi connectivity index (χ0) is 12.5. The number of benzene rings is 1. The lowest BCUT2D eigenvalue weighted by Crippen LogP contribution is -1.89. The van der Waals surface area contributed by atoms with Gasteiger partial charge in [0.1, 0.15) is 0 Å². The van der Waals surface area contributed by atoms with Crippen molar-refractivity contribution >= 4 is 5.57 Å². The van der Waals surface area contributed by atoms with Gasteiger partial charge in [-0.2, -0.15) is 0 Å². The van der Waals surface area contributed by atoms with Crippen LogP contribution in [0.4, 0.5) is 0 Å². The molecule has 0 unspecified atom stereocenters. The molecule has 0 saturated heterocycles. The van der Waals surface area contributed by atoms with Crippen molar-refractivity contribution in [1.29, 1.82) is 0 Å². The Balaban J connectivity index is 1.80. The molecule has 18 heavy (non-hydrogen) atoms. The minimum atomic E-state index is 0.978. The van der Waals surface area contributed by atoms with Crippen LogP contribution < -0.4 is 0 Å². The van der Waals surface area contributed by atoms with Crippen molar-refractivity contribution in [2.24, 2.45) is 0 Å². The van der Waals surface area contributed by atoms with Crippen molar-refractivity contribution in [3.8, 4) is 0 Å². The normalized spacial score (nSPS) is 16.5. The zero-order valence-electron chi connectivity index (χ0n) is 10.9. The second-order valence-electron chi connectivity index (χ2n) is 5.17. The van der Waals surface area contributed by atoms with Gasteiger partial charge in [0.05, 0.1) is 0 Å². The third-order valence-corrected chi connectivity index (χ3v) is 3.76. The van der Waals surface area contributed by atoms with E-state index in [0.29, 0.717) is 0 Å². The molecule has 0 amide bonds. The van der Waals surface area contributed by atoms with Crippen LogP contribution in [0.2, 0.25) is 0 Å². The van der Waals surface area contributed by atoms with Crippen molar-refractivity contribution in [3.05, 3.63) is 76.9 Å². The van der Waals surface area contributed by atoms with Crippen molar-refractivity contribution in [2.45, 2.75) is 26.2 Å². The van der Waals surface area contributed by atoms with Gasteiger partial charge in [-0.15, -0.1) is 0 Å². The highest BCUT2D eigenvalue weighted by Gasteiger charge is 2.15. The first kappa shape index (κ1) is 11.3. The molecule has 0 heteroatoms. The topological polar surface area (TPSA) is 0 Å². The number of fused-ring (bicyclic) bond motifs is 1. The molecule has 0 N–H and O–H groups in total. The highest BCUT2D eigenvalue weighted by molar-refractivity contribution is 5.75. The molecular weight excluding hydrogens is 216 g/mol. The molecule has 0 aliphatic heterocycles. The summed E-state index contributed by atoms with van der Waals surface area (Å²) in [5.41, 5.74) is 8.23. The van der Waals surface area contributed by atoms with E-state index >= 15 is 0 Å². The molecule has 0 radical (unpaired) electrons. The number of allylic oxidation sites excluding steroid dienone is 7. The Morgan fingerprint density at radius 2 is 2.17 bits per heavy atom. The van der Waals surface area contributed by atoms with E-state index in [1.165, 1.54) is 33.4 Å². The van der Waals surface area contributed by atoms with Gasteiger partial charge in [0, 0.05) is 0 Å². The molecule has 2 aliphatic carbocycles. The maximum absolute atomic E-state index is 4.23. The molecule has 0 fully saturated rings. The van der Waals surface area contributed by atoms with Gasteiger partial charge in [0.25, 0.3) is 0 Å². The number of hydrogen-bond donors (Lipinski definition) is 0. The molecular formula is C18H18. The molecule has 0 spiro atoms. The van der Waals surface area contributed by atoms with Crippen LogP contribution in [-0.2, 0) is 6.42 Å². The smallest absolute Gasteiger partial charge is 0.00228 e. The Bertz CT molecular complexity index is 594. The van der Waals surface area contributed by atoms with Crippen molar-refractivity contribution < 1.29 is 0 Å². The van der Waals surface area contributed by atoms with E-state index in [1.54, 1.807) is 0 Å². The van der Waals surface area contributed by atoms with E-state index in [0.717, 1.165) is 19.3 Å². The van der Waals surface area contributed by atoms with Gasteiger partial charge < -0.3 is 0 Å². The fourth-order valence-electron chi connectivity index (χ4n) is 2.77. The Morgan fingerprint density at radius 1 is 1.28 bits per heavy atom. The van der Waals surface area contributed by atoms with E-state index in [-0.39, 0.29) is 0 Å². The summed E-state index contributed by atoms with van der Waals surface area (Å²) in [7, 11) is 0. The molecule has 0 heterocycles. The third-order valence-electron chi connectivity index (χ3n) is 3.76. The predicted octanol–water partition coefficient (Wildman–Crippen LogP) is 4.77. The lowest BCUT2D eigenvalue weighted by atomic mass is 9.96. The number of rotatable bonds is 3. The van der Waals surface area contributed by atoms with E-state index in [9.17, 15) is 0 Å². The van der Waals surface area contributed by atoms with E-state index < -0.39 is 0 Å². The first-order chi connectivity index (χ1) is 8.74. The Labute approximate surface area is 109 Å². The second-order valence-corrected chi connectivity index (χ2v) is 5.17. The Hall–Kier alpha value is -1.82. The summed E-state index contributed by atoms with van der Waals surface area (Å²) in [4.78, 5) is 0. The fraction of sp³-hybridized carbons (Fsp3) is 0.222. The first-order valence-electron chi connectivity index (χ1n) is 6.58. The molecule has 1 aromatic carbocycles.